The van der Waals surface area contributed by atoms with Gasteiger partial charge in [-0.15, -0.1) is 22.7 Å². The summed E-state index contributed by atoms with van der Waals surface area (Å²) >= 11 is 3.70. The van der Waals surface area contributed by atoms with Gasteiger partial charge in [0.25, 0.3) is 0 Å². The Bertz CT molecular complexity index is 1950. The molecule has 6 aromatic rings. The van der Waals surface area contributed by atoms with Gasteiger partial charge in [-0.3, -0.25) is 0 Å². The van der Waals surface area contributed by atoms with Gasteiger partial charge in [-0.1, -0.05) is 119 Å². The van der Waals surface area contributed by atoms with Crippen molar-refractivity contribution in [1.29, 1.82) is 0 Å². The van der Waals surface area contributed by atoms with Gasteiger partial charge in [-0.2, -0.15) is 0 Å². The predicted molar refractivity (Wildman–Crippen MR) is 212 cm³/mol. The molecule has 48 heavy (non-hydrogen) atoms. The molecule has 0 bridgehead atoms. The van der Waals surface area contributed by atoms with Crippen LogP contribution in [0.4, 0.5) is 0 Å². The Morgan fingerprint density at radius 3 is 0.958 bits per heavy atom. The fourth-order valence-electron chi connectivity index (χ4n) is 6.83. The molecule has 2 nitrogen and oxygen atoms in total. The van der Waals surface area contributed by atoms with Crippen LogP contribution in [-0.2, 0) is 21.7 Å². The van der Waals surface area contributed by atoms with Gasteiger partial charge in [0.1, 0.15) is 11.5 Å². The van der Waals surface area contributed by atoms with Crippen LogP contribution in [0.2, 0.25) is 0 Å². The van der Waals surface area contributed by atoms with Crippen LogP contribution in [0, 0.1) is 0 Å². The number of benzene rings is 4. The van der Waals surface area contributed by atoms with Crippen molar-refractivity contribution in [2.24, 2.45) is 0 Å². The van der Waals surface area contributed by atoms with E-state index in [2.05, 4.69) is 156 Å². The van der Waals surface area contributed by atoms with Gasteiger partial charge in [-0.25, -0.2) is 0 Å². The summed E-state index contributed by atoms with van der Waals surface area (Å²) in [4.78, 5) is 2.47. The quantitative estimate of drug-likeness (QED) is 0.196. The Balaban J connectivity index is 1.77. The fraction of sp³-hybridized carbons (Fsp3) is 0.364. The Morgan fingerprint density at radius 1 is 0.417 bits per heavy atom. The summed E-state index contributed by atoms with van der Waals surface area (Å²) in [5.41, 5.74) is 7.58. The lowest BCUT2D eigenvalue weighted by Crippen LogP contribution is -2.17. The SMILES string of the molecule is CC(C)(C)c1cc(-c2c(-c3sc4ccccc4c3-c3cc(C(C)(C)C)c(O)c(C(C)(C)C)c3)sc3ccccc23)cc(C(C)(C)C)c1O. The summed E-state index contributed by atoms with van der Waals surface area (Å²) < 4.78 is 2.48. The minimum Gasteiger partial charge on any atom is -0.507 e. The molecule has 0 spiro atoms. The molecule has 0 saturated carbocycles. The first-order valence-corrected chi connectivity index (χ1v) is 18.6. The normalized spacial score (nSPS) is 13.2. The van der Waals surface area contributed by atoms with Gasteiger partial charge in [0.15, 0.2) is 0 Å². The molecule has 6 rings (SSSR count). The van der Waals surface area contributed by atoms with Crippen LogP contribution >= 0.6 is 22.7 Å². The lowest BCUT2D eigenvalue weighted by Gasteiger charge is -2.29. The van der Waals surface area contributed by atoms with Crippen molar-refractivity contribution in [1.82, 2.24) is 0 Å². The van der Waals surface area contributed by atoms with E-state index >= 15 is 0 Å². The maximum absolute atomic E-state index is 11.7. The third-order valence-corrected chi connectivity index (χ3v) is 11.9. The van der Waals surface area contributed by atoms with E-state index in [9.17, 15) is 10.2 Å². The van der Waals surface area contributed by atoms with Crippen LogP contribution in [0.5, 0.6) is 11.5 Å². The smallest absolute Gasteiger partial charge is 0.123 e. The molecule has 2 N–H and O–H groups in total. The van der Waals surface area contributed by atoms with E-state index in [4.69, 9.17) is 0 Å². The van der Waals surface area contributed by atoms with Crippen LogP contribution in [0.3, 0.4) is 0 Å². The first-order chi connectivity index (χ1) is 22.2. The summed E-state index contributed by atoms with van der Waals surface area (Å²) in [5.74, 6) is 0.798. The van der Waals surface area contributed by atoms with Crippen LogP contribution in [0.25, 0.3) is 52.2 Å². The summed E-state index contributed by atoms with van der Waals surface area (Å²) in [5, 5.41) is 25.8. The summed E-state index contributed by atoms with van der Waals surface area (Å²) in [6.07, 6.45) is 0. The molecule has 4 heteroatoms. The van der Waals surface area contributed by atoms with Crippen LogP contribution < -0.4 is 0 Å². The molecule has 0 amide bonds. The number of fused-ring (bicyclic) bond motifs is 2. The second-order valence-electron chi connectivity index (χ2n) is 17.4. The highest BCUT2D eigenvalue weighted by atomic mass is 32.1. The number of rotatable bonds is 3. The molecule has 0 aliphatic rings. The molecule has 4 aromatic carbocycles. The molecular weight excluding hydrogens is 625 g/mol. The lowest BCUT2D eigenvalue weighted by molar-refractivity contribution is 0.422. The van der Waals surface area contributed by atoms with E-state index in [1.165, 1.54) is 41.1 Å². The molecule has 0 radical (unpaired) electrons. The zero-order valence-electron chi connectivity index (χ0n) is 30.6. The fourth-order valence-corrected chi connectivity index (χ4v) is 9.42. The number of aromatic hydroxyl groups is 2. The predicted octanol–water partition coefficient (Wildman–Crippen LogP) is 13.7. The highest BCUT2D eigenvalue weighted by molar-refractivity contribution is 7.29. The number of phenols is 2. The summed E-state index contributed by atoms with van der Waals surface area (Å²) in [6.45, 7) is 26.2. The van der Waals surface area contributed by atoms with Gasteiger partial charge in [0, 0.05) is 53.6 Å². The minimum atomic E-state index is -0.242. The van der Waals surface area contributed by atoms with Crippen molar-refractivity contribution >= 4 is 42.8 Å². The number of thiophene rings is 2. The van der Waals surface area contributed by atoms with Gasteiger partial charge in [0.05, 0.1) is 9.75 Å². The van der Waals surface area contributed by atoms with Crippen LogP contribution in [-0.4, -0.2) is 10.2 Å². The van der Waals surface area contributed by atoms with E-state index in [1.54, 1.807) is 0 Å². The monoisotopic (exact) mass is 674 g/mol. The zero-order valence-corrected chi connectivity index (χ0v) is 32.3. The standard InChI is InChI=1S/C44H50O2S2/c1-41(2,3)29-21-25(22-30(37(29)45)42(4,5)6)35-27-17-13-15-19-33(27)47-39(35)40-36(28-18-14-16-20-34(28)48-40)26-23-31(43(7,8)9)38(46)32(24-26)44(10,11)12/h13-24,45-46H,1-12H3. The third kappa shape index (κ3) is 5.96. The van der Waals surface area contributed by atoms with Crippen LogP contribution in [0.1, 0.15) is 105 Å². The van der Waals surface area contributed by atoms with Crippen molar-refractivity contribution in [3.8, 4) is 43.5 Å². The number of hydrogen-bond acceptors (Lipinski definition) is 4. The molecule has 0 aliphatic heterocycles. The molecular formula is C44H50O2S2. The van der Waals surface area contributed by atoms with E-state index < -0.39 is 0 Å². The number of phenolic OH excluding ortho intramolecular Hbond substituents is 2. The van der Waals surface area contributed by atoms with Crippen LogP contribution in [0.15, 0.2) is 72.8 Å². The molecule has 250 valence electrons. The lowest BCUT2D eigenvalue weighted by atomic mass is 9.77. The highest BCUT2D eigenvalue weighted by Gasteiger charge is 2.31. The molecule has 0 saturated heterocycles. The Labute approximate surface area is 295 Å². The van der Waals surface area contributed by atoms with Gasteiger partial charge in [0.2, 0.25) is 0 Å². The Hall–Kier alpha value is -3.60. The van der Waals surface area contributed by atoms with Crippen molar-refractivity contribution in [2.75, 3.05) is 0 Å². The largest absolute Gasteiger partial charge is 0.507 e. The highest BCUT2D eigenvalue weighted by Crippen LogP contribution is 2.55. The van der Waals surface area contributed by atoms with E-state index in [-0.39, 0.29) is 21.7 Å². The van der Waals surface area contributed by atoms with E-state index in [1.807, 2.05) is 22.7 Å². The van der Waals surface area contributed by atoms with E-state index in [0.717, 1.165) is 33.4 Å². The Kier molecular flexibility index (Phi) is 8.20. The molecule has 0 fully saturated rings. The van der Waals surface area contributed by atoms with Gasteiger partial charge in [-0.05, 0) is 69.2 Å². The maximum atomic E-state index is 11.7. The Morgan fingerprint density at radius 2 is 0.688 bits per heavy atom. The van der Waals surface area contributed by atoms with Gasteiger partial charge < -0.3 is 10.2 Å². The average Bonchev–Trinajstić information content (AvgIpc) is 3.54. The second-order valence-corrected chi connectivity index (χ2v) is 19.5. The molecule has 2 heterocycles. The van der Waals surface area contributed by atoms with Crippen molar-refractivity contribution in [3.63, 3.8) is 0 Å². The minimum absolute atomic E-state index is 0.242. The molecule has 0 aliphatic carbocycles. The van der Waals surface area contributed by atoms with Crippen molar-refractivity contribution in [3.05, 3.63) is 95.1 Å². The summed E-state index contributed by atoms with van der Waals surface area (Å²) in [6, 6.07) is 26.4. The zero-order chi connectivity index (χ0) is 35.1. The van der Waals surface area contributed by atoms with Gasteiger partial charge >= 0.3 is 0 Å². The topological polar surface area (TPSA) is 40.5 Å². The first-order valence-electron chi connectivity index (χ1n) is 17.0. The molecule has 2 aromatic heterocycles. The molecule has 0 unspecified atom stereocenters. The summed E-state index contributed by atoms with van der Waals surface area (Å²) in [7, 11) is 0. The van der Waals surface area contributed by atoms with E-state index in [0.29, 0.717) is 11.5 Å². The molecule has 0 atom stereocenters. The third-order valence-electron chi connectivity index (χ3n) is 9.43. The maximum Gasteiger partial charge on any atom is 0.123 e. The first kappa shape index (κ1) is 34.3. The number of hydrogen-bond donors (Lipinski definition) is 2. The average molecular weight is 675 g/mol. The van der Waals surface area contributed by atoms with Crippen molar-refractivity contribution in [2.45, 2.75) is 105 Å². The second kappa shape index (κ2) is 11.5. The van der Waals surface area contributed by atoms with Crippen molar-refractivity contribution < 1.29 is 10.2 Å².